The Kier molecular flexibility index (Phi) is 4.78. The van der Waals surface area contributed by atoms with E-state index in [-0.39, 0.29) is 17.0 Å². The molecule has 0 aliphatic heterocycles. The first-order valence-electron chi connectivity index (χ1n) is 5.17. The topological polar surface area (TPSA) is 74.0 Å². The molecule has 0 aliphatic rings. The van der Waals surface area contributed by atoms with Crippen molar-refractivity contribution in [2.24, 2.45) is 0 Å². The number of aromatic nitrogens is 1. The van der Waals surface area contributed by atoms with Gasteiger partial charge in [0.05, 0.1) is 5.56 Å². The average molecular weight is 290 g/mol. The Morgan fingerprint density at radius 1 is 1.58 bits per heavy atom. The van der Waals surface area contributed by atoms with E-state index in [1.165, 1.54) is 0 Å². The van der Waals surface area contributed by atoms with Crippen molar-refractivity contribution in [3.8, 4) is 6.07 Å². The number of carboxylic acid groups (broad SMARTS) is 1. The van der Waals surface area contributed by atoms with Crippen molar-refractivity contribution in [3.63, 3.8) is 0 Å². The fourth-order valence-corrected chi connectivity index (χ4v) is 2.15. The van der Waals surface area contributed by atoms with Gasteiger partial charge in [-0.1, -0.05) is 18.7 Å². The van der Waals surface area contributed by atoms with E-state index in [1.54, 1.807) is 13.0 Å². The average Bonchev–Trinajstić information content (AvgIpc) is 2.34. The van der Waals surface area contributed by atoms with E-state index < -0.39 is 23.1 Å². The van der Waals surface area contributed by atoms with Gasteiger partial charge in [0.2, 0.25) is 0 Å². The summed E-state index contributed by atoms with van der Waals surface area (Å²) in [6.45, 7) is 1.59. The number of nitriles is 1. The number of carbonyl (C=O) groups is 1. The smallest absolute Gasteiger partial charge is 0.433 e. The Hall–Kier alpha value is -1.75. The molecule has 4 nitrogen and oxygen atoms in total. The summed E-state index contributed by atoms with van der Waals surface area (Å²) in [6.07, 6.45) is -4.42. The normalized spacial score (nSPS) is 12.8. The number of rotatable bonds is 4. The second-order valence-corrected chi connectivity index (χ2v) is 4.70. The molecule has 0 saturated carbocycles. The summed E-state index contributed by atoms with van der Waals surface area (Å²) in [5, 5.41) is 16.5. The molecule has 0 aliphatic carbocycles. The first-order chi connectivity index (χ1) is 8.79. The number of thioether (sulfide) groups is 1. The minimum absolute atomic E-state index is 0.0716. The van der Waals surface area contributed by atoms with Crippen molar-refractivity contribution < 1.29 is 23.1 Å². The third kappa shape index (κ3) is 3.86. The van der Waals surface area contributed by atoms with Crippen LogP contribution in [0.15, 0.2) is 17.2 Å². The molecule has 0 aromatic carbocycles. The molecule has 0 radical (unpaired) electrons. The minimum atomic E-state index is -4.63. The van der Waals surface area contributed by atoms with Crippen LogP contribution in [0.25, 0.3) is 0 Å². The SMILES string of the molecule is CCC(Sc1nc(C(F)(F)F)ccc1C#N)C(=O)O. The van der Waals surface area contributed by atoms with Crippen LogP contribution < -0.4 is 0 Å². The lowest BCUT2D eigenvalue weighted by Gasteiger charge is -2.12. The summed E-state index contributed by atoms with van der Waals surface area (Å²) in [5.41, 5.74) is -1.22. The molecule has 1 aromatic rings. The minimum Gasteiger partial charge on any atom is -0.480 e. The van der Waals surface area contributed by atoms with Gasteiger partial charge in [0.15, 0.2) is 0 Å². The highest BCUT2D eigenvalue weighted by atomic mass is 32.2. The summed E-state index contributed by atoms with van der Waals surface area (Å²) in [4.78, 5) is 14.2. The van der Waals surface area contributed by atoms with Gasteiger partial charge in [0.1, 0.15) is 22.0 Å². The molecule has 1 rings (SSSR count). The van der Waals surface area contributed by atoms with Crippen molar-refractivity contribution in [1.29, 1.82) is 5.26 Å². The quantitative estimate of drug-likeness (QED) is 0.863. The van der Waals surface area contributed by atoms with Crippen LogP contribution in [0.2, 0.25) is 0 Å². The van der Waals surface area contributed by atoms with Gasteiger partial charge in [-0.2, -0.15) is 18.4 Å². The van der Waals surface area contributed by atoms with Gasteiger partial charge in [0, 0.05) is 0 Å². The van der Waals surface area contributed by atoms with Crippen LogP contribution in [0.3, 0.4) is 0 Å². The molecule has 0 saturated heterocycles. The summed E-state index contributed by atoms with van der Waals surface area (Å²) in [5.74, 6) is -1.16. The van der Waals surface area contributed by atoms with E-state index in [1.807, 2.05) is 0 Å². The van der Waals surface area contributed by atoms with E-state index >= 15 is 0 Å². The lowest BCUT2D eigenvalue weighted by Crippen LogP contribution is -2.16. The first kappa shape index (κ1) is 15.3. The molecule has 8 heteroatoms. The number of alkyl halides is 3. The largest absolute Gasteiger partial charge is 0.480 e. The summed E-state index contributed by atoms with van der Waals surface area (Å²) < 4.78 is 37.5. The molecule has 1 unspecified atom stereocenters. The highest BCUT2D eigenvalue weighted by molar-refractivity contribution is 8.00. The second-order valence-electron chi connectivity index (χ2n) is 3.51. The lowest BCUT2D eigenvalue weighted by atomic mass is 10.2. The summed E-state index contributed by atoms with van der Waals surface area (Å²) >= 11 is 0.645. The fourth-order valence-electron chi connectivity index (χ4n) is 1.22. The molecule has 0 spiro atoms. The molecule has 1 N–H and O–H groups in total. The van der Waals surface area contributed by atoms with Crippen molar-refractivity contribution in [2.45, 2.75) is 29.8 Å². The second kappa shape index (κ2) is 5.93. The Labute approximate surface area is 111 Å². The van der Waals surface area contributed by atoms with Crippen LogP contribution >= 0.6 is 11.8 Å². The Morgan fingerprint density at radius 2 is 2.21 bits per heavy atom. The predicted octanol–water partition coefficient (Wildman–Crippen LogP) is 2.93. The van der Waals surface area contributed by atoms with Crippen LogP contribution in [0.5, 0.6) is 0 Å². The van der Waals surface area contributed by atoms with Crippen LogP contribution in [-0.4, -0.2) is 21.3 Å². The van der Waals surface area contributed by atoms with Crippen molar-refractivity contribution in [1.82, 2.24) is 4.98 Å². The standard InChI is InChI=1S/C11H9F3N2O2S/c1-2-7(10(17)18)19-9-6(5-15)3-4-8(16-9)11(12,13)14/h3-4,7H,2H2,1H3,(H,17,18). The third-order valence-electron chi connectivity index (χ3n) is 2.17. The highest BCUT2D eigenvalue weighted by Gasteiger charge is 2.33. The van der Waals surface area contributed by atoms with E-state index in [0.717, 1.165) is 6.07 Å². The van der Waals surface area contributed by atoms with Crippen molar-refractivity contribution in [2.75, 3.05) is 0 Å². The maximum absolute atomic E-state index is 12.5. The van der Waals surface area contributed by atoms with E-state index in [0.29, 0.717) is 17.8 Å². The molecule has 0 fully saturated rings. The van der Waals surface area contributed by atoms with Crippen LogP contribution in [0.4, 0.5) is 13.2 Å². The molecule has 1 aromatic heterocycles. The lowest BCUT2D eigenvalue weighted by molar-refractivity contribution is -0.141. The molecule has 1 atom stereocenters. The van der Waals surface area contributed by atoms with Crippen LogP contribution in [0.1, 0.15) is 24.6 Å². The van der Waals surface area contributed by atoms with Gasteiger partial charge in [-0.15, -0.1) is 0 Å². The first-order valence-corrected chi connectivity index (χ1v) is 6.05. The Bertz CT molecular complexity index is 526. The van der Waals surface area contributed by atoms with Gasteiger partial charge in [-0.05, 0) is 18.6 Å². The molecule has 0 bridgehead atoms. The zero-order valence-electron chi connectivity index (χ0n) is 9.73. The van der Waals surface area contributed by atoms with E-state index in [2.05, 4.69) is 4.98 Å². The van der Waals surface area contributed by atoms with Crippen molar-refractivity contribution >= 4 is 17.7 Å². The fraction of sp³-hybridized carbons (Fsp3) is 0.364. The molecule has 0 amide bonds. The van der Waals surface area contributed by atoms with Crippen LogP contribution in [0, 0.1) is 11.3 Å². The monoisotopic (exact) mass is 290 g/mol. The molecule has 1 heterocycles. The number of halogens is 3. The highest BCUT2D eigenvalue weighted by Crippen LogP contribution is 2.32. The number of hydrogen-bond acceptors (Lipinski definition) is 4. The van der Waals surface area contributed by atoms with E-state index in [4.69, 9.17) is 10.4 Å². The number of aliphatic carboxylic acids is 1. The number of pyridine rings is 1. The number of carboxylic acids is 1. The van der Waals surface area contributed by atoms with Gasteiger partial charge in [-0.25, -0.2) is 4.98 Å². The Balaban J connectivity index is 3.17. The summed E-state index contributed by atoms with van der Waals surface area (Å²) in [7, 11) is 0. The predicted molar refractivity (Wildman–Crippen MR) is 61.5 cm³/mol. The zero-order valence-corrected chi connectivity index (χ0v) is 10.5. The molecule has 19 heavy (non-hydrogen) atoms. The molecular weight excluding hydrogens is 281 g/mol. The van der Waals surface area contributed by atoms with Crippen LogP contribution in [-0.2, 0) is 11.0 Å². The Morgan fingerprint density at radius 3 is 2.63 bits per heavy atom. The third-order valence-corrected chi connectivity index (χ3v) is 3.53. The van der Waals surface area contributed by atoms with Crippen molar-refractivity contribution in [3.05, 3.63) is 23.4 Å². The van der Waals surface area contributed by atoms with Gasteiger partial charge < -0.3 is 5.11 Å². The zero-order chi connectivity index (χ0) is 14.6. The van der Waals surface area contributed by atoms with Gasteiger partial charge in [-0.3, -0.25) is 4.79 Å². The molecular formula is C11H9F3N2O2S. The van der Waals surface area contributed by atoms with Gasteiger partial charge in [0.25, 0.3) is 0 Å². The van der Waals surface area contributed by atoms with E-state index in [9.17, 15) is 18.0 Å². The number of hydrogen-bond donors (Lipinski definition) is 1. The maximum Gasteiger partial charge on any atom is 0.433 e. The van der Waals surface area contributed by atoms with Gasteiger partial charge >= 0.3 is 12.1 Å². The molecule has 102 valence electrons. The summed E-state index contributed by atoms with van der Waals surface area (Å²) in [6, 6.07) is 3.39. The number of nitrogens with zero attached hydrogens (tertiary/aromatic N) is 2. The maximum atomic E-state index is 12.5.